The predicted octanol–water partition coefficient (Wildman–Crippen LogP) is -0.713. The van der Waals surface area contributed by atoms with E-state index in [2.05, 4.69) is 15.5 Å². The fraction of sp³-hybridized carbons (Fsp3) is 0.357. The Kier molecular flexibility index (Phi) is 4.07. The lowest BCUT2D eigenvalue weighted by molar-refractivity contribution is -0.150. The molecule has 0 bridgehead atoms. The normalized spacial score (nSPS) is 24.7. The molecule has 1 saturated heterocycles. The first kappa shape index (κ1) is 16.8. The first-order valence-electron chi connectivity index (χ1n) is 7.48. The van der Waals surface area contributed by atoms with Gasteiger partial charge in [-0.1, -0.05) is 5.16 Å². The molecule has 10 nitrogen and oxygen atoms in total. The smallest absolute Gasteiger partial charge is 0.355 e. The number of β-lactam (4-membered cyclic amide) rings is 1. The molecular formula is C14H13N5O5S2. The average Bonchev–Trinajstić information content (AvgIpc) is 3.22. The highest BCUT2D eigenvalue weighted by atomic mass is 32.2. The molecule has 26 heavy (non-hydrogen) atoms. The molecule has 0 radical (unpaired) electrons. The number of amides is 2. The van der Waals surface area contributed by atoms with Crippen LogP contribution in [0.1, 0.15) is 5.69 Å². The van der Waals surface area contributed by atoms with E-state index in [4.69, 9.17) is 15.3 Å². The number of carbonyl (C=O) groups is 3. The number of fused-ring (bicyclic) bond motifs is 2. The van der Waals surface area contributed by atoms with Gasteiger partial charge >= 0.3 is 5.97 Å². The molecule has 4 rings (SSSR count). The van der Waals surface area contributed by atoms with E-state index in [1.54, 1.807) is 5.38 Å². The highest BCUT2D eigenvalue weighted by molar-refractivity contribution is 8.00. The van der Waals surface area contributed by atoms with Gasteiger partial charge in [-0.15, -0.1) is 23.1 Å². The van der Waals surface area contributed by atoms with Gasteiger partial charge in [0, 0.05) is 16.7 Å². The molecule has 3 N–H and O–H groups in total. The molecule has 2 amide bonds. The quantitative estimate of drug-likeness (QED) is 0.295. The molecular weight excluding hydrogens is 382 g/mol. The van der Waals surface area contributed by atoms with Crippen LogP contribution in [0.4, 0.5) is 5.13 Å². The molecule has 0 aromatic carbocycles. The van der Waals surface area contributed by atoms with Gasteiger partial charge in [-0.05, 0) is 0 Å². The largest absolute Gasteiger partial charge is 0.456 e. The molecule has 4 heterocycles. The number of nitrogens with two attached hydrogens (primary N) is 1. The first-order chi connectivity index (χ1) is 12.5. The molecule has 0 saturated carbocycles. The zero-order chi connectivity index (χ0) is 18.4. The van der Waals surface area contributed by atoms with E-state index in [-0.39, 0.29) is 34.4 Å². The zero-order valence-corrected chi connectivity index (χ0v) is 15.1. The molecule has 0 unspecified atom stereocenters. The summed E-state index contributed by atoms with van der Waals surface area (Å²) in [6.45, 7) is 0.213. The molecule has 2 atom stereocenters. The number of rotatable bonds is 4. The van der Waals surface area contributed by atoms with Crippen molar-refractivity contribution >= 4 is 51.7 Å². The van der Waals surface area contributed by atoms with E-state index in [0.29, 0.717) is 11.4 Å². The van der Waals surface area contributed by atoms with E-state index < -0.39 is 17.9 Å². The van der Waals surface area contributed by atoms with E-state index in [1.807, 2.05) is 0 Å². The SMILES string of the molecule is CON=C(C(=O)N[C@@H]1C(=O)N2C3=C(COC3=O)CS[C@H]12)c1csc(N)n1. The molecule has 136 valence electrons. The lowest BCUT2D eigenvalue weighted by atomic mass is 10.0. The van der Waals surface area contributed by atoms with E-state index in [0.717, 1.165) is 16.9 Å². The number of ether oxygens (including phenoxy) is 1. The Labute approximate surface area is 155 Å². The number of hydrogen-bond donors (Lipinski definition) is 2. The minimum atomic E-state index is -0.770. The fourth-order valence-corrected chi connectivity index (χ4v) is 4.78. The molecule has 3 aliphatic rings. The van der Waals surface area contributed by atoms with Crippen molar-refractivity contribution in [3.05, 3.63) is 22.3 Å². The lowest BCUT2D eigenvalue weighted by Gasteiger charge is -2.48. The Morgan fingerprint density at radius 2 is 2.35 bits per heavy atom. The summed E-state index contributed by atoms with van der Waals surface area (Å²) < 4.78 is 4.99. The van der Waals surface area contributed by atoms with Gasteiger partial charge in [0.05, 0.1) is 0 Å². The predicted molar refractivity (Wildman–Crippen MR) is 93.1 cm³/mol. The number of thioether (sulfide) groups is 1. The third kappa shape index (κ3) is 2.52. The van der Waals surface area contributed by atoms with Gasteiger partial charge in [-0.25, -0.2) is 9.78 Å². The van der Waals surface area contributed by atoms with Crippen LogP contribution in [0.3, 0.4) is 0 Å². The first-order valence-corrected chi connectivity index (χ1v) is 9.41. The van der Waals surface area contributed by atoms with E-state index in [9.17, 15) is 14.4 Å². The van der Waals surface area contributed by atoms with Crippen molar-refractivity contribution < 1.29 is 24.0 Å². The number of nitrogens with one attached hydrogen (secondary N) is 1. The number of hydrogen-bond acceptors (Lipinski definition) is 10. The number of anilines is 1. The zero-order valence-electron chi connectivity index (χ0n) is 13.4. The summed E-state index contributed by atoms with van der Waals surface area (Å²) in [5.74, 6) is -0.896. The van der Waals surface area contributed by atoms with E-state index in [1.165, 1.54) is 23.8 Å². The van der Waals surface area contributed by atoms with Crippen molar-refractivity contribution in [3.8, 4) is 0 Å². The Bertz CT molecular complexity index is 879. The second-order valence-electron chi connectivity index (χ2n) is 5.58. The topological polar surface area (TPSA) is 136 Å². The summed E-state index contributed by atoms with van der Waals surface area (Å²) in [5, 5.41) is 7.82. The van der Waals surface area contributed by atoms with Crippen LogP contribution < -0.4 is 11.1 Å². The van der Waals surface area contributed by atoms with Gasteiger partial charge in [0.1, 0.15) is 36.5 Å². The van der Waals surface area contributed by atoms with Crippen molar-refractivity contribution in [1.82, 2.24) is 15.2 Å². The van der Waals surface area contributed by atoms with Crippen LogP contribution in [0, 0.1) is 0 Å². The number of nitrogen functional groups attached to an aromatic ring is 1. The van der Waals surface area contributed by atoms with E-state index >= 15 is 0 Å². The third-order valence-electron chi connectivity index (χ3n) is 4.07. The van der Waals surface area contributed by atoms with Crippen molar-refractivity contribution in [2.24, 2.45) is 5.16 Å². The molecule has 0 aliphatic carbocycles. The van der Waals surface area contributed by atoms with Crippen LogP contribution in [0.2, 0.25) is 0 Å². The molecule has 1 aromatic heterocycles. The number of oxime groups is 1. The summed E-state index contributed by atoms with van der Waals surface area (Å²) in [5.41, 5.74) is 6.88. The summed E-state index contributed by atoms with van der Waals surface area (Å²) in [4.78, 5) is 47.0. The highest BCUT2D eigenvalue weighted by Crippen LogP contribution is 2.42. The van der Waals surface area contributed by atoms with Crippen LogP contribution in [0.25, 0.3) is 0 Å². The second kappa shape index (κ2) is 6.29. The van der Waals surface area contributed by atoms with Crippen molar-refractivity contribution in [3.63, 3.8) is 0 Å². The summed E-state index contributed by atoms with van der Waals surface area (Å²) >= 11 is 2.62. The van der Waals surface area contributed by atoms with Crippen LogP contribution in [-0.4, -0.2) is 64.3 Å². The fourth-order valence-electron chi connectivity index (χ4n) is 2.91. The van der Waals surface area contributed by atoms with Gasteiger partial charge in [0.2, 0.25) is 0 Å². The highest BCUT2D eigenvalue weighted by Gasteiger charge is 2.55. The van der Waals surface area contributed by atoms with Gasteiger partial charge in [0.15, 0.2) is 10.8 Å². The number of esters is 1. The molecule has 1 aromatic rings. The molecule has 12 heteroatoms. The van der Waals surface area contributed by atoms with Crippen LogP contribution in [0.15, 0.2) is 21.8 Å². The van der Waals surface area contributed by atoms with Crippen molar-refractivity contribution in [1.29, 1.82) is 0 Å². The monoisotopic (exact) mass is 395 g/mol. The maximum atomic E-state index is 12.6. The Hall–Kier alpha value is -2.60. The number of carbonyl (C=O) groups excluding carboxylic acids is 3. The number of cyclic esters (lactones) is 1. The maximum absolute atomic E-state index is 12.6. The van der Waals surface area contributed by atoms with Crippen LogP contribution >= 0.6 is 23.1 Å². The average molecular weight is 395 g/mol. The van der Waals surface area contributed by atoms with Crippen LogP contribution in [0.5, 0.6) is 0 Å². The number of thiazole rings is 1. The molecule has 1 fully saturated rings. The number of aromatic nitrogens is 1. The minimum absolute atomic E-state index is 0.0762. The minimum Gasteiger partial charge on any atom is -0.456 e. The lowest BCUT2D eigenvalue weighted by Crippen LogP contribution is -2.70. The van der Waals surface area contributed by atoms with Crippen LogP contribution in [-0.2, 0) is 24.0 Å². The molecule has 3 aliphatic heterocycles. The summed E-state index contributed by atoms with van der Waals surface area (Å²) in [6, 6.07) is -0.770. The Morgan fingerprint density at radius 3 is 3.04 bits per heavy atom. The second-order valence-corrected chi connectivity index (χ2v) is 7.58. The number of nitrogens with zero attached hydrogens (tertiary/aromatic N) is 3. The van der Waals surface area contributed by atoms with Crippen molar-refractivity contribution in [2.75, 3.05) is 25.2 Å². The van der Waals surface area contributed by atoms with Gasteiger partial charge in [-0.3, -0.25) is 14.5 Å². The molecule has 0 spiro atoms. The van der Waals surface area contributed by atoms with Gasteiger partial charge in [-0.2, -0.15) is 0 Å². The summed E-state index contributed by atoms with van der Waals surface area (Å²) in [7, 11) is 1.30. The maximum Gasteiger partial charge on any atom is 0.355 e. The van der Waals surface area contributed by atoms with Crippen molar-refractivity contribution in [2.45, 2.75) is 11.4 Å². The standard InChI is InChI=1S/C14H13N5O5S2/c1-23-18-7(6-4-26-14(15)16-6)10(20)17-8-11(21)19-9-5(2-24-13(9)22)3-25-12(8)19/h4,8,12H,2-3H2,1H3,(H2,15,16)(H,17,20)/t8-,12-/m1/s1. The summed E-state index contributed by atoms with van der Waals surface area (Å²) in [6.07, 6.45) is 0. The third-order valence-corrected chi connectivity index (χ3v) is 6.08. The van der Waals surface area contributed by atoms with Gasteiger partial charge < -0.3 is 20.6 Å². The van der Waals surface area contributed by atoms with Gasteiger partial charge in [0.25, 0.3) is 11.8 Å². The Balaban J connectivity index is 1.51. The Morgan fingerprint density at radius 1 is 1.54 bits per heavy atom.